The van der Waals surface area contributed by atoms with Crippen LogP contribution in [0.3, 0.4) is 0 Å². The summed E-state index contributed by atoms with van der Waals surface area (Å²) in [7, 11) is 1.11. The fraction of sp³-hybridized carbons (Fsp3) is 0.800. The fourth-order valence-electron chi connectivity index (χ4n) is 0.861. The van der Waals surface area contributed by atoms with Crippen molar-refractivity contribution >= 4 is 12.1 Å². The molecule has 0 saturated heterocycles. The van der Waals surface area contributed by atoms with Crippen LogP contribution in [0, 0.1) is 0 Å². The first kappa shape index (κ1) is 14.7. The third kappa shape index (κ3) is 7.03. The van der Waals surface area contributed by atoms with Crippen LogP contribution in [0.2, 0.25) is 0 Å². The first-order chi connectivity index (χ1) is 7.26. The Kier molecular flexibility index (Phi) is 5.77. The smallest absolute Gasteiger partial charge is 0.407 e. The van der Waals surface area contributed by atoms with Gasteiger partial charge in [0.1, 0.15) is 5.60 Å². The van der Waals surface area contributed by atoms with Crippen LogP contribution in [-0.4, -0.2) is 37.5 Å². The number of esters is 1. The molecule has 6 heteroatoms. The lowest BCUT2D eigenvalue weighted by molar-refractivity contribution is -0.146. The van der Waals surface area contributed by atoms with E-state index in [0.29, 0.717) is 0 Å². The van der Waals surface area contributed by atoms with E-state index in [9.17, 15) is 14.0 Å². The number of carbonyl (C=O) groups excluding carboxylic acids is 2. The molecule has 1 atom stereocenters. The number of alkyl halides is 1. The number of carbonyl (C=O) groups is 2. The molecule has 5 nitrogen and oxygen atoms in total. The predicted octanol–water partition coefficient (Wildman–Crippen LogP) is 1.41. The van der Waals surface area contributed by atoms with Crippen LogP contribution in [0.25, 0.3) is 0 Å². The zero-order chi connectivity index (χ0) is 12.8. The summed E-state index contributed by atoms with van der Waals surface area (Å²) in [6.45, 7) is 5.18. The standard InChI is InChI=1S/C10H18FNO4/c1-10(2,3)16-9(14)12-6-5-7(11)8(13)15-4/h7H,5-6H2,1-4H3,(H,12,14). The lowest BCUT2D eigenvalue weighted by Crippen LogP contribution is -2.34. The second kappa shape index (κ2) is 6.30. The zero-order valence-electron chi connectivity index (χ0n) is 10.0. The summed E-state index contributed by atoms with van der Waals surface area (Å²) in [5.41, 5.74) is -0.596. The molecule has 0 aromatic heterocycles. The number of ether oxygens (including phenoxy) is 2. The number of rotatable bonds is 4. The second-order valence-electron chi connectivity index (χ2n) is 4.21. The first-order valence-corrected chi connectivity index (χ1v) is 4.95. The Labute approximate surface area is 94.3 Å². The molecule has 0 aliphatic carbocycles. The number of hydrogen-bond acceptors (Lipinski definition) is 4. The number of hydrogen-bond donors (Lipinski definition) is 1. The minimum absolute atomic E-state index is 0.0190. The van der Waals surface area contributed by atoms with Crippen LogP contribution in [0.5, 0.6) is 0 Å². The minimum atomic E-state index is -1.72. The number of methoxy groups -OCH3 is 1. The molecule has 0 rings (SSSR count). The molecular weight excluding hydrogens is 217 g/mol. The Hall–Kier alpha value is -1.33. The third-order valence-corrected chi connectivity index (χ3v) is 1.52. The predicted molar refractivity (Wildman–Crippen MR) is 55.8 cm³/mol. The molecule has 16 heavy (non-hydrogen) atoms. The first-order valence-electron chi connectivity index (χ1n) is 4.95. The number of nitrogens with one attached hydrogen (secondary N) is 1. The summed E-state index contributed by atoms with van der Waals surface area (Å²) in [5, 5.41) is 2.34. The van der Waals surface area contributed by atoms with E-state index in [2.05, 4.69) is 10.1 Å². The summed E-state index contributed by atoms with van der Waals surface area (Å²) in [4.78, 5) is 21.8. The normalized spacial score (nSPS) is 12.8. The van der Waals surface area contributed by atoms with Crippen molar-refractivity contribution in [1.29, 1.82) is 0 Å². The van der Waals surface area contributed by atoms with Gasteiger partial charge in [-0.3, -0.25) is 0 Å². The van der Waals surface area contributed by atoms with Crippen LogP contribution in [0.15, 0.2) is 0 Å². The molecule has 0 aliphatic heterocycles. The van der Waals surface area contributed by atoms with E-state index in [1.54, 1.807) is 20.8 Å². The van der Waals surface area contributed by atoms with Crippen molar-refractivity contribution in [2.75, 3.05) is 13.7 Å². The van der Waals surface area contributed by atoms with Gasteiger partial charge >= 0.3 is 12.1 Å². The number of halogens is 1. The van der Waals surface area contributed by atoms with Gasteiger partial charge in [-0.25, -0.2) is 14.0 Å². The monoisotopic (exact) mass is 235 g/mol. The Balaban J connectivity index is 3.74. The minimum Gasteiger partial charge on any atom is -0.467 e. The third-order valence-electron chi connectivity index (χ3n) is 1.52. The van der Waals surface area contributed by atoms with Crippen LogP contribution in [0.1, 0.15) is 27.2 Å². The molecule has 1 N–H and O–H groups in total. The molecule has 1 amide bonds. The van der Waals surface area contributed by atoms with Gasteiger partial charge in [-0.2, -0.15) is 0 Å². The Bertz CT molecular complexity index is 250. The topological polar surface area (TPSA) is 64.6 Å². The average molecular weight is 235 g/mol. The van der Waals surface area contributed by atoms with Gasteiger partial charge in [-0.15, -0.1) is 0 Å². The Morgan fingerprint density at radius 3 is 2.38 bits per heavy atom. The highest BCUT2D eigenvalue weighted by Crippen LogP contribution is 2.06. The summed E-state index contributed by atoms with van der Waals surface area (Å²) in [6, 6.07) is 0. The molecule has 1 unspecified atom stereocenters. The van der Waals surface area contributed by atoms with Gasteiger partial charge in [0.25, 0.3) is 0 Å². The van der Waals surface area contributed by atoms with E-state index in [1.165, 1.54) is 0 Å². The summed E-state index contributed by atoms with van der Waals surface area (Å²) < 4.78 is 22.0. The van der Waals surface area contributed by atoms with Gasteiger partial charge in [0.2, 0.25) is 0 Å². The molecule has 94 valence electrons. The highest BCUT2D eigenvalue weighted by atomic mass is 19.1. The van der Waals surface area contributed by atoms with Crippen LogP contribution < -0.4 is 5.32 Å². The summed E-state index contributed by atoms with van der Waals surface area (Å²) in [5.74, 6) is -0.939. The Morgan fingerprint density at radius 1 is 1.38 bits per heavy atom. The Morgan fingerprint density at radius 2 is 1.94 bits per heavy atom. The molecule has 0 saturated carbocycles. The highest BCUT2D eigenvalue weighted by Gasteiger charge is 2.19. The molecule has 0 heterocycles. The second-order valence-corrected chi connectivity index (χ2v) is 4.21. The maximum Gasteiger partial charge on any atom is 0.407 e. The fourth-order valence-corrected chi connectivity index (χ4v) is 0.861. The molecule has 0 aromatic rings. The maximum atomic E-state index is 12.9. The molecule has 0 spiro atoms. The van der Waals surface area contributed by atoms with Crippen molar-refractivity contribution in [3.8, 4) is 0 Å². The molecule has 0 aromatic carbocycles. The van der Waals surface area contributed by atoms with Gasteiger partial charge in [0, 0.05) is 13.0 Å². The molecule has 0 bridgehead atoms. The summed E-state index contributed by atoms with van der Waals surface area (Å²) in [6.07, 6.45) is -2.49. The summed E-state index contributed by atoms with van der Waals surface area (Å²) >= 11 is 0. The van der Waals surface area contributed by atoms with Gasteiger partial charge in [-0.1, -0.05) is 0 Å². The number of amides is 1. The van der Waals surface area contributed by atoms with Crippen molar-refractivity contribution in [3.63, 3.8) is 0 Å². The van der Waals surface area contributed by atoms with Gasteiger partial charge in [0.05, 0.1) is 7.11 Å². The van der Waals surface area contributed by atoms with Crippen LogP contribution in [-0.2, 0) is 14.3 Å². The molecule has 0 fully saturated rings. The van der Waals surface area contributed by atoms with E-state index >= 15 is 0 Å². The van der Waals surface area contributed by atoms with E-state index in [1.807, 2.05) is 0 Å². The average Bonchev–Trinajstić information content (AvgIpc) is 2.13. The largest absolute Gasteiger partial charge is 0.467 e. The van der Waals surface area contributed by atoms with E-state index < -0.39 is 23.8 Å². The highest BCUT2D eigenvalue weighted by molar-refractivity contribution is 5.74. The lowest BCUT2D eigenvalue weighted by atomic mass is 10.2. The number of alkyl carbamates (subject to hydrolysis) is 1. The van der Waals surface area contributed by atoms with Crippen molar-refractivity contribution in [3.05, 3.63) is 0 Å². The van der Waals surface area contributed by atoms with Crippen molar-refractivity contribution in [1.82, 2.24) is 5.32 Å². The zero-order valence-corrected chi connectivity index (χ0v) is 10.0. The molecular formula is C10H18FNO4. The van der Waals surface area contributed by atoms with E-state index in [4.69, 9.17) is 4.74 Å². The maximum absolute atomic E-state index is 12.9. The molecule has 0 radical (unpaired) electrons. The van der Waals surface area contributed by atoms with Gasteiger partial charge < -0.3 is 14.8 Å². The van der Waals surface area contributed by atoms with Crippen LogP contribution in [0.4, 0.5) is 9.18 Å². The van der Waals surface area contributed by atoms with E-state index in [-0.39, 0.29) is 13.0 Å². The van der Waals surface area contributed by atoms with Crippen molar-refractivity contribution in [2.45, 2.75) is 39.0 Å². The van der Waals surface area contributed by atoms with Crippen LogP contribution >= 0.6 is 0 Å². The quantitative estimate of drug-likeness (QED) is 0.748. The SMILES string of the molecule is COC(=O)C(F)CCNC(=O)OC(C)(C)C. The van der Waals surface area contributed by atoms with Crippen molar-refractivity contribution in [2.24, 2.45) is 0 Å². The molecule has 0 aliphatic rings. The van der Waals surface area contributed by atoms with Gasteiger partial charge in [0.15, 0.2) is 6.17 Å². The van der Waals surface area contributed by atoms with Crippen molar-refractivity contribution < 1.29 is 23.5 Å². The lowest BCUT2D eigenvalue weighted by Gasteiger charge is -2.19. The van der Waals surface area contributed by atoms with Gasteiger partial charge in [-0.05, 0) is 20.8 Å². The van der Waals surface area contributed by atoms with E-state index in [0.717, 1.165) is 7.11 Å².